The smallest absolute Gasteiger partial charge is 0.416 e. The molecule has 1 aliphatic heterocycles. The van der Waals surface area contributed by atoms with Crippen molar-refractivity contribution in [2.45, 2.75) is 48.3 Å². The normalized spacial score (nSPS) is 22.7. The first-order valence-corrected chi connectivity index (χ1v) is 9.83. The van der Waals surface area contributed by atoms with Gasteiger partial charge in [-0.2, -0.15) is 22.0 Å². The zero-order valence-corrected chi connectivity index (χ0v) is 16.8. The first-order valence-electron chi connectivity index (χ1n) is 8.64. The van der Waals surface area contributed by atoms with E-state index >= 15 is 0 Å². The van der Waals surface area contributed by atoms with E-state index in [0.717, 1.165) is 18.3 Å². The molecule has 158 valence electrons. The van der Waals surface area contributed by atoms with Gasteiger partial charge in [0, 0.05) is 22.3 Å². The minimum absolute atomic E-state index is 0.126. The Morgan fingerprint density at radius 1 is 1.31 bits per heavy atom. The van der Waals surface area contributed by atoms with Crippen molar-refractivity contribution in [3.8, 4) is 5.75 Å². The second kappa shape index (κ2) is 8.65. The van der Waals surface area contributed by atoms with Crippen LogP contribution in [0.3, 0.4) is 0 Å². The first kappa shape index (κ1) is 22.1. The fourth-order valence-corrected chi connectivity index (χ4v) is 4.69. The maximum absolute atomic E-state index is 13.0. The average Bonchev–Trinajstić information content (AvgIpc) is 2.60. The van der Waals surface area contributed by atoms with Crippen molar-refractivity contribution in [3.63, 3.8) is 0 Å². The summed E-state index contributed by atoms with van der Waals surface area (Å²) >= 11 is 7.51. The summed E-state index contributed by atoms with van der Waals surface area (Å²) in [5.41, 5.74) is -0.321. The number of hydrogen-bond acceptors (Lipinski definition) is 4. The van der Waals surface area contributed by atoms with Crippen LogP contribution in [0.5, 0.6) is 5.75 Å². The molecule has 0 bridgehead atoms. The standard InChI is InChI=1S/C19H17ClF5NO2S/c1-18(29-13-4-2-3-11(7-13)19(23,24)25)5-6-27-15(9-18)16-14(20)8-12(10-26-16)28-17(21)22/h2-4,7-8,10,15,17H,5-6,9H2,1H3. The minimum Gasteiger partial charge on any atom is -0.433 e. The van der Waals surface area contributed by atoms with Crippen molar-refractivity contribution in [2.24, 2.45) is 0 Å². The van der Waals surface area contributed by atoms with Crippen LogP contribution in [0.4, 0.5) is 22.0 Å². The van der Waals surface area contributed by atoms with Gasteiger partial charge in [-0.15, -0.1) is 11.8 Å². The lowest BCUT2D eigenvalue weighted by molar-refractivity contribution is -0.137. The van der Waals surface area contributed by atoms with Gasteiger partial charge in [-0.3, -0.25) is 4.98 Å². The van der Waals surface area contributed by atoms with Gasteiger partial charge in [0.1, 0.15) is 11.9 Å². The fraction of sp³-hybridized carbons (Fsp3) is 0.421. The monoisotopic (exact) mass is 453 g/mol. The van der Waals surface area contributed by atoms with E-state index in [1.807, 2.05) is 6.92 Å². The lowest BCUT2D eigenvalue weighted by Gasteiger charge is -2.37. The molecule has 0 spiro atoms. The van der Waals surface area contributed by atoms with Crippen LogP contribution in [0, 0.1) is 0 Å². The van der Waals surface area contributed by atoms with Crippen molar-refractivity contribution in [1.29, 1.82) is 0 Å². The van der Waals surface area contributed by atoms with Crippen LogP contribution < -0.4 is 4.74 Å². The molecule has 29 heavy (non-hydrogen) atoms. The molecule has 1 aromatic heterocycles. The van der Waals surface area contributed by atoms with Crippen LogP contribution >= 0.6 is 23.4 Å². The molecule has 2 heterocycles. The maximum Gasteiger partial charge on any atom is 0.416 e. The third-order valence-electron chi connectivity index (χ3n) is 4.47. The van der Waals surface area contributed by atoms with E-state index in [1.54, 1.807) is 6.07 Å². The zero-order valence-electron chi connectivity index (χ0n) is 15.2. The molecule has 0 saturated carbocycles. The van der Waals surface area contributed by atoms with E-state index in [4.69, 9.17) is 16.3 Å². The molecule has 3 rings (SSSR count). The number of benzene rings is 1. The topological polar surface area (TPSA) is 31.4 Å². The van der Waals surface area contributed by atoms with E-state index in [9.17, 15) is 22.0 Å². The summed E-state index contributed by atoms with van der Waals surface area (Å²) in [6.07, 6.45) is -2.72. The Hall–Kier alpha value is -1.58. The molecule has 1 saturated heterocycles. The average molecular weight is 454 g/mol. The Morgan fingerprint density at radius 3 is 2.72 bits per heavy atom. The van der Waals surface area contributed by atoms with Crippen molar-refractivity contribution in [3.05, 3.63) is 52.8 Å². The lowest BCUT2D eigenvalue weighted by atomic mass is 9.94. The Morgan fingerprint density at radius 2 is 2.07 bits per heavy atom. The summed E-state index contributed by atoms with van der Waals surface area (Å²) in [6.45, 7) is -0.687. The molecular formula is C19H17ClF5NO2S. The Bertz CT molecular complexity index is 867. The zero-order chi connectivity index (χ0) is 21.2. The van der Waals surface area contributed by atoms with Crippen molar-refractivity contribution >= 4 is 23.4 Å². The highest BCUT2D eigenvalue weighted by atomic mass is 35.5. The van der Waals surface area contributed by atoms with Crippen LogP contribution in [0.25, 0.3) is 0 Å². The van der Waals surface area contributed by atoms with Gasteiger partial charge in [0.05, 0.1) is 22.5 Å². The molecule has 2 atom stereocenters. The van der Waals surface area contributed by atoms with E-state index in [1.165, 1.54) is 23.9 Å². The summed E-state index contributed by atoms with van der Waals surface area (Å²) in [7, 11) is 0. The van der Waals surface area contributed by atoms with E-state index < -0.39 is 29.2 Å². The molecule has 0 aliphatic carbocycles. The third kappa shape index (κ3) is 5.73. The van der Waals surface area contributed by atoms with Crippen LogP contribution in [-0.2, 0) is 10.9 Å². The largest absolute Gasteiger partial charge is 0.433 e. The number of pyridine rings is 1. The number of ether oxygens (including phenoxy) is 2. The predicted molar refractivity (Wildman–Crippen MR) is 99.5 cm³/mol. The summed E-state index contributed by atoms with van der Waals surface area (Å²) in [6, 6.07) is 6.42. The summed E-state index contributed by atoms with van der Waals surface area (Å²) < 4.78 is 73.2. The van der Waals surface area contributed by atoms with E-state index in [-0.39, 0.29) is 10.8 Å². The van der Waals surface area contributed by atoms with Crippen molar-refractivity contribution in [1.82, 2.24) is 4.98 Å². The number of nitrogens with zero attached hydrogens (tertiary/aromatic N) is 1. The number of halogens is 6. The fourth-order valence-electron chi connectivity index (χ4n) is 3.09. The highest BCUT2D eigenvalue weighted by Crippen LogP contribution is 2.47. The second-order valence-corrected chi connectivity index (χ2v) is 8.88. The molecule has 1 aliphatic rings. The Labute approximate surface area is 173 Å². The van der Waals surface area contributed by atoms with Crippen molar-refractivity contribution in [2.75, 3.05) is 6.61 Å². The minimum atomic E-state index is -4.41. The Kier molecular flexibility index (Phi) is 6.60. The Balaban J connectivity index is 1.76. The van der Waals surface area contributed by atoms with Gasteiger partial charge in [-0.05, 0) is 38.0 Å². The van der Waals surface area contributed by atoms with Gasteiger partial charge in [0.2, 0.25) is 0 Å². The van der Waals surface area contributed by atoms with Crippen LogP contribution in [-0.4, -0.2) is 22.9 Å². The number of aromatic nitrogens is 1. The predicted octanol–water partition coefficient (Wildman–Crippen LogP) is 6.76. The summed E-state index contributed by atoms with van der Waals surface area (Å²) in [4.78, 5) is 4.60. The highest BCUT2D eigenvalue weighted by molar-refractivity contribution is 8.00. The second-order valence-electron chi connectivity index (χ2n) is 6.81. The van der Waals surface area contributed by atoms with Gasteiger partial charge in [-0.1, -0.05) is 17.7 Å². The SMILES string of the molecule is CC1(Sc2cccc(C(F)(F)F)c2)CCOC(c2ncc(OC(F)F)cc2Cl)C1. The number of thioether (sulfide) groups is 1. The van der Waals surface area contributed by atoms with Crippen LogP contribution in [0.1, 0.15) is 37.1 Å². The lowest BCUT2D eigenvalue weighted by Crippen LogP contribution is -2.32. The van der Waals surface area contributed by atoms with Crippen LogP contribution in [0.2, 0.25) is 5.02 Å². The number of rotatable bonds is 5. The van der Waals surface area contributed by atoms with Gasteiger partial charge >= 0.3 is 12.8 Å². The molecule has 0 N–H and O–H groups in total. The van der Waals surface area contributed by atoms with Gasteiger partial charge in [0.15, 0.2) is 0 Å². The first-order chi connectivity index (χ1) is 13.6. The van der Waals surface area contributed by atoms with Gasteiger partial charge in [0.25, 0.3) is 0 Å². The van der Waals surface area contributed by atoms with Gasteiger partial charge in [-0.25, -0.2) is 0 Å². The maximum atomic E-state index is 13.0. The molecule has 2 aromatic rings. The van der Waals surface area contributed by atoms with Crippen molar-refractivity contribution < 1.29 is 31.4 Å². The number of alkyl halides is 5. The molecule has 1 aromatic carbocycles. The highest BCUT2D eigenvalue weighted by Gasteiger charge is 2.37. The van der Waals surface area contributed by atoms with Gasteiger partial charge < -0.3 is 9.47 Å². The third-order valence-corrected chi connectivity index (χ3v) is 6.12. The molecule has 2 unspecified atom stereocenters. The molecule has 0 amide bonds. The molecular weight excluding hydrogens is 437 g/mol. The molecule has 3 nitrogen and oxygen atoms in total. The quantitative estimate of drug-likeness (QED) is 0.468. The van der Waals surface area contributed by atoms with E-state index in [0.29, 0.717) is 30.0 Å². The summed E-state index contributed by atoms with van der Waals surface area (Å²) in [5.74, 6) is -0.161. The molecule has 10 heteroatoms. The summed E-state index contributed by atoms with van der Waals surface area (Å²) in [5, 5.41) is 0.126. The molecule has 1 fully saturated rings. The van der Waals surface area contributed by atoms with Crippen LogP contribution in [0.15, 0.2) is 41.4 Å². The number of hydrogen-bond donors (Lipinski definition) is 0. The van der Waals surface area contributed by atoms with E-state index in [2.05, 4.69) is 9.72 Å². The molecule has 0 radical (unpaired) electrons.